The number of rotatable bonds is 7. The van der Waals surface area contributed by atoms with Gasteiger partial charge < -0.3 is 4.90 Å². The quantitative estimate of drug-likeness (QED) is 0.270. The van der Waals surface area contributed by atoms with Crippen molar-refractivity contribution in [3.63, 3.8) is 0 Å². The Hall–Kier alpha value is -5.68. The molecule has 3 aliphatic heterocycles. The molecule has 3 aromatic carbocycles. The number of imide groups is 1. The molecule has 2 aromatic heterocycles. The third kappa shape index (κ3) is 5.41. The Morgan fingerprint density at radius 1 is 0.875 bits per heavy atom. The average Bonchev–Trinajstić information content (AvgIpc) is 3.75. The van der Waals surface area contributed by atoms with Crippen LogP contribution in [0, 0.1) is 0 Å². The minimum Gasteiger partial charge on any atom is -0.335 e. The molecule has 0 saturated carbocycles. The van der Waals surface area contributed by atoms with Crippen molar-refractivity contribution in [3.8, 4) is 5.82 Å². The molecule has 4 amide bonds. The van der Waals surface area contributed by atoms with Gasteiger partial charge in [-0.15, -0.1) is 0 Å². The Balaban J connectivity index is 0.911. The summed E-state index contributed by atoms with van der Waals surface area (Å²) in [6, 6.07) is 23.1. The van der Waals surface area contributed by atoms with E-state index in [0.717, 1.165) is 47.2 Å². The number of pyridine rings is 1. The fraction of sp³-hybridized carbons (Fsp3) is 0.243. The zero-order chi connectivity index (χ0) is 32.8. The summed E-state index contributed by atoms with van der Waals surface area (Å²) in [7, 11) is 0. The van der Waals surface area contributed by atoms with Gasteiger partial charge in [-0.3, -0.25) is 38.9 Å². The van der Waals surface area contributed by atoms with E-state index >= 15 is 0 Å². The zero-order valence-corrected chi connectivity index (χ0v) is 26.2. The number of aromatic nitrogens is 3. The van der Waals surface area contributed by atoms with Gasteiger partial charge in [-0.25, -0.2) is 9.97 Å². The lowest BCUT2D eigenvalue weighted by Gasteiger charge is -2.34. The maximum Gasteiger partial charge on any atom is 0.272 e. The first-order chi connectivity index (χ1) is 23.4. The molecule has 0 spiro atoms. The van der Waals surface area contributed by atoms with E-state index in [0.29, 0.717) is 43.0 Å². The lowest BCUT2D eigenvalue weighted by Crippen LogP contribution is -2.53. The van der Waals surface area contributed by atoms with E-state index < -0.39 is 11.9 Å². The maximum atomic E-state index is 13.5. The third-order valence-corrected chi connectivity index (χ3v) is 9.55. The van der Waals surface area contributed by atoms with E-state index in [2.05, 4.69) is 44.5 Å². The van der Waals surface area contributed by atoms with Crippen LogP contribution in [-0.2, 0) is 22.6 Å². The number of nitrogens with zero attached hydrogens (tertiary/aromatic N) is 6. The van der Waals surface area contributed by atoms with Gasteiger partial charge in [0.15, 0.2) is 0 Å². The van der Waals surface area contributed by atoms with Crippen LogP contribution in [0.3, 0.4) is 0 Å². The lowest BCUT2D eigenvalue weighted by atomic mass is 9.95. The first-order valence-corrected chi connectivity index (χ1v) is 16.2. The number of benzene rings is 3. The summed E-state index contributed by atoms with van der Waals surface area (Å²) in [4.78, 5) is 65.5. The molecule has 5 aromatic rings. The Morgan fingerprint density at radius 3 is 2.44 bits per heavy atom. The van der Waals surface area contributed by atoms with Crippen LogP contribution in [0.1, 0.15) is 50.4 Å². The van der Waals surface area contributed by atoms with Crippen molar-refractivity contribution in [3.05, 3.63) is 119 Å². The highest BCUT2D eigenvalue weighted by Gasteiger charge is 2.40. The highest BCUT2D eigenvalue weighted by atomic mass is 16.2. The Labute approximate surface area is 276 Å². The average molecular weight is 640 g/mol. The van der Waals surface area contributed by atoms with Gasteiger partial charge in [0.2, 0.25) is 11.8 Å². The molecule has 1 unspecified atom stereocenters. The summed E-state index contributed by atoms with van der Waals surface area (Å²) in [5.41, 5.74) is 5.22. The fourth-order valence-corrected chi connectivity index (χ4v) is 7.05. The predicted octanol–water partition coefficient (Wildman–Crippen LogP) is 3.73. The second-order valence-corrected chi connectivity index (χ2v) is 12.5. The van der Waals surface area contributed by atoms with Gasteiger partial charge in [0, 0.05) is 62.5 Å². The van der Waals surface area contributed by atoms with E-state index in [4.69, 9.17) is 0 Å². The van der Waals surface area contributed by atoms with Crippen LogP contribution in [0.4, 0.5) is 5.69 Å². The van der Waals surface area contributed by atoms with Gasteiger partial charge in [-0.05, 0) is 59.2 Å². The van der Waals surface area contributed by atoms with Crippen molar-refractivity contribution in [1.82, 2.24) is 29.7 Å². The van der Waals surface area contributed by atoms with Crippen molar-refractivity contribution >= 4 is 40.1 Å². The topological polar surface area (TPSA) is 121 Å². The molecule has 1 N–H and O–H groups in total. The zero-order valence-electron chi connectivity index (χ0n) is 26.2. The van der Waals surface area contributed by atoms with Crippen LogP contribution in [0.5, 0.6) is 0 Å². The van der Waals surface area contributed by atoms with Gasteiger partial charge in [0.05, 0.1) is 5.69 Å². The molecule has 0 aliphatic carbocycles. The lowest BCUT2D eigenvalue weighted by molar-refractivity contribution is -0.134. The molecule has 0 bridgehead atoms. The summed E-state index contributed by atoms with van der Waals surface area (Å²) in [5.74, 6) is -0.319. The highest BCUT2D eigenvalue weighted by Crippen LogP contribution is 2.41. The Kier molecular flexibility index (Phi) is 7.53. The number of hydrogen-bond donors (Lipinski definition) is 1. The van der Waals surface area contributed by atoms with E-state index in [1.54, 1.807) is 34.3 Å². The van der Waals surface area contributed by atoms with Crippen LogP contribution in [0.2, 0.25) is 0 Å². The summed E-state index contributed by atoms with van der Waals surface area (Å²) in [5, 5.41) is 4.24. The van der Waals surface area contributed by atoms with E-state index in [1.165, 1.54) is 5.56 Å². The van der Waals surface area contributed by atoms with E-state index in [9.17, 15) is 19.2 Å². The molecule has 5 heterocycles. The van der Waals surface area contributed by atoms with Crippen LogP contribution >= 0.6 is 0 Å². The fourth-order valence-electron chi connectivity index (χ4n) is 7.05. The number of carbonyl (C=O) groups excluding carboxylic acids is 4. The van der Waals surface area contributed by atoms with Gasteiger partial charge in [0.25, 0.3) is 11.8 Å². The van der Waals surface area contributed by atoms with Crippen molar-refractivity contribution in [1.29, 1.82) is 0 Å². The van der Waals surface area contributed by atoms with Gasteiger partial charge in [-0.2, -0.15) is 0 Å². The van der Waals surface area contributed by atoms with Crippen molar-refractivity contribution < 1.29 is 19.2 Å². The molecule has 1 atom stereocenters. The molecule has 0 radical (unpaired) electrons. The summed E-state index contributed by atoms with van der Waals surface area (Å²) in [6.45, 7) is 3.65. The van der Waals surface area contributed by atoms with E-state index in [1.807, 2.05) is 47.4 Å². The summed E-state index contributed by atoms with van der Waals surface area (Å²) in [6.07, 6.45) is 6.38. The monoisotopic (exact) mass is 639 g/mol. The van der Waals surface area contributed by atoms with Crippen LogP contribution in [-0.4, -0.2) is 80.2 Å². The summed E-state index contributed by atoms with van der Waals surface area (Å²) < 4.78 is 1.79. The summed E-state index contributed by atoms with van der Waals surface area (Å²) >= 11 is 0. The molecule has 2 fully saturated rings. The third-order valence-electron chi connectivity index (χ3n) is 9.55. The maximum absolute atomic E-state index is 13.5. The smallest absolute Gasteiger partial charge is 0.272 e. The number of amides is 4. The van der Waals surface area contributed by atoms with Crippen molar-refractivity contribution in [2.24, 2.45) is 0 Å². The number of nitrogens with one attached hydrogen (secondary N) is 1. The number of piperidine rings is 1. The first kappa shape index (κ1) is 29.7. The van der Waals surface area contributed by atoms with Crippen LogP contribution in [0.15, 0.2) is 91.5 Å². The molecular formula is C37H33N7O4. The minimum absolute atomic E-state index is 0.0583. The number of anilines is 1. The Bertz CT molecular complexity index is 2070. The molecule has 3 aliphatic rings. The highest BCUT2D eigenvalue weighted by molar-refractivity contribution is 6.27. The standard InChI is InChI=1S/C37H33N7O4/c45-33-14-13-31(35(46)40-33)44-30-12-11-26(27-3-1-4-28(34(27)30)36(44)47)21-24-7-9-25(10-8-24)22-41-17-19-42(20-18-41)37(48)29-5-2-6-32(39-29)43-16-15-38-23-43/h1-12,15-16,23,31H,13-14,17-22H2,(H,40,45,46). The number of piperazine rings is 1. The molecule has 48 heavy (non-hydrogen) atoms. The molecule has 240 valence electrons. The van der Waals surface area contributed by atoms with Crippen LogP contribution in [0.25, 0.3) is 16.6 Å². The normalized spacial score (nSPS) is 18.1. The second-order valence-electron chi connectivity index (χ2n) is 12.5. The van der Waals surface area contributed by atoms with Gasteiger partial charge in [-0.1, -0.05) is 48.5 Å². The van der Waals surface area contributed by atoms with Gasteiger partial charge in [0.1, 0.15) is 23.9 Å². The number of carbonyl (C=O) groups is 4. The van der Waals surface area contributed by atoms with Gasteiger partial charge >= 0.3 is 0 Å². The van der Waals surface area contributed by atoms with E-state index in [-0.39, 0.29) is 24.1 Å². The number of hydrogen-bond acceptors (Lipinski definition) is 7. The number of imidazole rings is 1. The SMILES string of the molecule is O=C1CCC(N2C(=O)c3cccc4c(Cc5ccc(CN6CCN(C(=O)c7cccc(-n8ccnc8)n7)CC6)cc5)ccc2c34)C(=O)N1. The predicted molar refractivity (Wildman–Crippen MR) is 179 cm³/mol. The van der Waals surface area contributed by atoms with Crippen LogP contribution < -0.4 is 10.2 Å². The molecular weight excluding hydrogens is 606 g/mol. The molecule has 11 nitrogen and oxygen atoms in total. The Morgan fingerprint density at radius 2 is 1.67 bits per heavy atom. The molecule has 11 heteroatoms. The second kappa shape index (κ2) is 12.2. The van der Waals surface area contributed by atoms with Crippen molar-refractivity contribution in [2.75, 3.05) is 31.1 Å². The molecule has 8 rings (SSSR count). The molecule has 2 saturated heterocycles. The largest absolute Gasteiger partial charge is 0.335 e. The first-order valence-electron chi connectivity index (χ1n) is 16.2. The van der Waals surface area contributed by atoms with Crippen molar-refractivity contribution in [2.45, 2.75) is 31.8 Å². The minimum atomic E-state index is -0.699.